The summed E-state index contributed by atoms with van der Waals surface area (Å²) in [7, 11) is 3.61. The number of para-hydroxylation sites is 1. The van der Waals surface area contributed by atoms with Crippen molar-refractivity contribution in [2.24, 2.45) is 0 Å². The fraction of sp³-hybridized carbons (Fsp3) is 0.455. The van der Waals surface area contributed by atoms with Gasteiger partial charge in [-0.3, -0.25) is 9.59 Å². The molecule has 0 radical (unpaired) electrons. The van der Waals surface area contributed by atoms with Crippen molar-refractivity contribution in [2.75, 3.05) is 27.2 Å². The van der Waals surface area contributed by atoms with Gasteiger partial charge in [-0.25, -0.2) is 0 Å². The Balaban J connectivity index is 1.51. The minimum absolute atomic E-state index is 0.103. The number of hydrogen-bond donors (Lipinski definition) is 0. The summed E-state index contributed by atoms with van der Waals surface area (Å²) in [6.07, 6.45) is 2.91. The van der Waals surface area contributed by atoms with Crippen molar-refractivity contribution in [1.82, 2.24) is 9.80 Å². The third kappa shape index (κ3) is 3.65. The van der Waals surface area contributed by atoms with Crippen molar-refractivity contribution in [3.8, 4) is 5.75 Å². The first-order valence-corrected chi connectivity index (χ1v) is 10.7. The average molecular weight is 399 g/mol. The van der Waals surface area contributed by atoms with E-state index in [1.54, 1.807) is 30.3 Å². The monoisotopic (exact) mass is 398 g/mol. The number of likely N-dealkylation sites (tertiary alicyclic amines) is 1. The van der Waals surface area contributed by atoms with E-state index < -0.39 is 0 Å². The molecule has 4 rings (SSSR count). The zero-order valence-electron chi connectivity index (χ0n) is 16.4. The summed E-state index contributed by atoms with van der Waals surface area (Å²) in [5, 5.41) is 3.84. The van der Waals surface area contributed by atoms with E-state index in [1.165, 1.54) is 0 Å². The molecule has 6 heteroatoms. The van der Waals surface area contributed by atoms with E-state index in [4.69, 9.17) is 4.74 Å². The second-order valence-electron chi connectivity index (χ2n) is 8.02. The molecule has 5 nitrogen and oxygen atoms in total. The molecular weight excluding hydrogens is 372 g/mol. The van der Waals surface area contributed by atoms with Crippen molar-refractivity contribution in [2.45, 2.75) is 37.2 Å². The molecular formula is C22H26N2O3S. The number of nitrogens with zero attached hydrogens (tertiary/aromatic N) is 2. The van der Waals surface area contributed by atoms with Gasteiger partial charge in [0.05, 0.1) is 5.56 Å². The highest BCUT2D eigenvalue weighted by atomic mass is 32.1. The Kier molecular flexibility index (Phi) is 5.15. The Morgan fingerprint density at radius 1 is 1.21 bits per heavy atom. The van der Waals surface area contributed by atoms with Crippen molar-refractivity contribution in [1.29, 1.82) is 0 Å². The van der Waals surface area contributed by atoms with E-state index in [1.807, 2.05) is 39.9 Å². The molecule has 1 saturated heterocycles. The van der Waals surface area contributed by atoms with Crippen molar-refractivity contribution >= 4 is 23.2 Å². The number of carbonyl (C=O) groups excluding carboxylic acids is 2. The van der Waals surface area contributed by atoms with Crippen LogP contribution in [0.15, 0.2) is 41.1 Å². The first kappa shape index (κ1) is 19.0. The molecule has 28 heavy (non-hydrogen) atoms. The number of rotatable bonds is 3. The van der Waals surface area contributed by atoms with Gasteiger partial charge >= 0.3 is 0 Å². The van der Waals surface area contributed by atoms with E-state index >= 15 is 0 Å². The van der Waals surface area contributed by atoms with Crippen LogP contribution >= 0.6 is 11.3 Å². The lowest BCUT2D eigenvalue weighted by Gasteiger charge is -2.47. The molecule has 0 saturated carbocycles. The van der Waals surface area contributed by atoms with Crippen LogP contribution in [0.25, 0.3) is 0 Å². The van der Waals surface area contributed by atoms with Crippen LogP contribution in [-0.4, -0.2) is 54.4 Å². The molecule has 0 bridgehead atoms. The maximum absolute atomic E-state index is 12.7. The van der Waals surface area contributed by atoms with Gasteiger partial charge in [0.25, 0.3) is 5.91 Å². The molecule has 2 aliphatic heterocycles. The van der Waals surface area contributed by atoms with E-state index in [-0.39, 0.29) is 23.3 Å². The highest BCUT2D eigenvalue weighted by molar-refractivity contribution is 7.08. The van der Waals surface area contributed by atoms with Gasteiger partial charge in [0.15, 0.2) is 0 Å². The number of ether oxygens (including phenoxy) is 1. The summed E-state index contributed by atoms with van der Waals surface area (Å²) in [6, 6.07) is 9.96. The van der Waals surface area contributed by atoms with Gasteiger partial charge in [0.1, 0.15) is 11.4 Å². The summed E-state index contributed by atoms with van der Waals surface area (Å²) in [4.78, 5) is 28.6. The lowest BCUT2D eigenvalue weighted by Crippen LogP contribution is -2.52. The number of hydrogen-bond acceptors (Lipinski definition) is 4. The van der Waals surface area contributed by atoms with Crippen LogP contribution in [0.2, 0.25) is 0 Å². The van der Waals surface area contributed by atoms with E-state index in [2.05, 4.69) is 6.07 Å². The third-order valence-corrected chi connectivity index (χ3v) is 6.64. The minimum Gasteiger partial charge on any atom is -0.487 e. The molecule has 148 valence electrons. The zero-order chi connectivity index (χ0) is 19.7. The summed E-state index contributed by atoms with van der Waals surface area (Å²) < 4.78 is 6.49. The Bertz CT molecular complexity index is 854. The molecule has 2 aromatic rings. The average Bonchev–Trinajstić information content (AvgIpc) is 3.23. The molecule has 0 aliphatic carbocycles. The summed E-state index contributed by atoms with van der Waals surface area (Å²) in [5.74, 6) is 1.29. The van der Waals surface area contributed by atoms with Crippen LogP contribution in [-0.2, 0) is 4.79 Å². The number of carbonyl (C=O) groups is 2. The minimum atomic E-state index is -0.295. The van der Waals surface area contributed by atoms with E-state index in [0.29, 0.717) is 19.5 Å². The predicted octanol–water partition coefficient (Wildman–Crippen LogP) is 3.77. The molecule has 2 amide bonds. The molecule has 1 fully saturated rings. The summed E-state index contributed by atoms with van der Waals surface area (Å²) in [5.41, 5.74) is 1.60. The van der Waals surface area contributed by atoms with Crippen LogP contribution in [0.1, 0.15) is 47.5 Å². The van der Waals surface area contributed by atoms with Crippen LogP contribution in [0.3, 0.4) is 0 Å². The van der Waals surface area contributed by atoms with Crippen molar-refractivity contribution < 1.29 is 14.3 Å². The Hall–Kier alpha value is -2.34. The second-order valence-corrected chi connectivity index (χ2v) is 8.80. The third-order valence-electron chi connectivity index (χ3n) is 5.95. The maximum atomic E-state index is 12.7. The molecule has 1 aromatic heterocycles. The standard InChI is InChI=1S/C22H26N2O3S/c1-23(2)20(25)13-17-14-22(27-19-6-4-3-5-18(17)19)8-10-24(11-9-22)21(26)16-7-12-28-15-16/h3-7,12,15,17H,8-11,13-14H2,1-2H3/t17-/m1/s1. The molecule has 1 spiro atoms. The number of thiophene rings is 1. The maximum Gasteiger partial charge on any atom is 0.254 e. The Morgan fingerprint density at radius 2 is 1.96 bits per heavy atom. The predicted molar refractivity (Wildman–Crippen MR) is 110 cm³/mol. The van der Waals surface area contributed by atoms with Crippen LogP contribution < -0.4 is 4.74 Å². The van der Waals surface area contributed by atoms with Gasteiger partial charge in [-0.15, -0.1) is 0 Å². The smallest absolute Gasteiger partial charge is 0.254 e. The van der Waals surface area contributed by atoms with Gasteiger partial charge in [-0.1, -0.05) is 18.2 Å². The second kappa shape index (κ2) is 7.59. The van der Waals surface area contributed by atoms with Gasteiger partial charge in [-0.2, -0.15) is 11.3 Å². The van der Waals surface area contributed by atoms with Crippen LogP contribution in [0, 0.1) is 0 Å². The highest BCUT2D eigenvalue weighted by Gasteiger charge is 2.44. The van der Waals surface area contributed by atoms with Crippen LogP contribution in [0.5, 0.6) is 5.75 Å². The largest absolute Gasteiger partial charge is 0.487 e. The number of benzene rings is 1. The number of piperidine rings is 1. The fourth-order valence-corrected chi connectivity index (χ4v) is 4.94. The molecule has 1 aromatic carbocycles. The topological polar surface area (TPSA) is 49.9 Å². The van der Waals surface area contributed by atoms with Gasteiger partial charge < -0.3 is 14.5 Å². The van der Waals surface area contributed by atoms with Crippen molar-refractivity contribution in [3.05, 3.63) is 52.2 Å². The molecule has 0 unspecified atom stereocenters. The van der Waals surface area contributed by atoms with Crippen molar-refractivity contribution in [3.63, 3.8) is 0 Å². The van der Waals surface area contributed by atoms with Gasteiger partial charge in [0.2, 0.25) is 5.91 Å². The molecule has 1 atom stereocenters. The Morgan fingerprint density at radius 3 is 2.64 bits per heavy atom. The molecule has 2 aliphatic rings. The molecule has 0 N–H and O–H groups in total. The first-order chi connectivity index (χ1) is 13.5. The summed E-state index contributed by atoms with van der Waals surface area (Å²) >= 11 is 1.55. The van der Waals surface area contributed by atoms with E-state index in [0.717, 1.165) is 36.1 Å². The lowest BCUT2D eigenvalue weighted by atomic mass is 9.76. The molecule has 3 heterocycles. The van der Waals surface area contributed by atoms with Crippen LogP contribution in [0.4, 0.5) is 0 Å². The lowest BCUT2D eigenvalue weighted by molar-refractivity contribution is -0.129. The number of fused-ring (bicyclic) bond motifs is 1. The number of amides is 2. The fourth-order valence-electron chi connectivity index (χ4n) is 4.31. The normalized spacial score (nSPS) is 20.4. The summed E-state index contributed by atoms with van der Waals surface area (Å²) in [6.45, 7) is 1.37. The Labute approximate surface area is 169 Å². The van der Waals surface area contributed by atoms with E-state index in [9.17, 15) is 9.59 Å². The highest BCUT2D eigenvalue weighted by Crippen LogP contribution is 2.46. The zero-order valence-corrected chi connectivity index (χ0v) is 17.2. The van der Waals surface area contributed by atoms with Gasteiger partial charge in [-0.05, 0) is 29.5 Å². The van der Waals surface area contributed by atoms with Gasteiger partial charge in [0, 0.05) is 57.7 Å². The first-order valence-electron chi connectivity index (χ1n) is 9.77. The SMILES string of the molecule is CN(C)C(=O)C[C@@H]1CC2(CCN(C(=O)c3ccsc3)CC2)Oc2ccccc21. The quantitative estimate of drug-likeness (QED) is 0.791.